The number of aromatic nitrogens is 1. The molecule has 1 amide bonds. The Labute approximate surface area is 120 Å². The van der Waals surface area contributed by atoms with Crippen molar-refractivity contribution in [3.8, 4) is 0 Å². The molecular formula is C16H24N3O+. The van der Waals surface area contributed by atoms with Gasteiger partial charge in [-0.25, -0.2) is 0 Å². The van der Waals surface area contributed by atoms with Gasteiger partial charge < -0.3 is 9.80 Å². The van der Waals surface area contributed by atoms with Crippen molar-refractivity contribution in [1.29, 1.82) is 0 Å². The maximum absolute atomic E-state index is 12.4. The minimum atomic E-state index is 0.283. The molecule has 3 rings (SSSR count). The number of carbonyl (C=O) groups excluding carboxylic acids is 1. The zero-order valence-electron chi connectivity index (χ0n) is 12.1. The zero-order valence-corrected chi connectivity index (χ0v) is 12.1. The molecule has 0 aliphatic carbocycles. The lowest BCUT2D eigenvalue weighted by Gasteiger charge is -2.30. The molecule has 4 nitrogen and oxygen atoms in total. The predicted molar refractivity (Wildman–Crippen MR) is 77.2 cm³/mol. The summed E-state index contributed by atoms with van der Waals surface area (Å²) in [6.45, 7) is 5.24. The third-order valence-electron chi connectivity index (χ3n) is 4.64. The van der Waals surface area contributed by atoms with Crippen LogP contribution in [-0.4, -0.2) is 42.0 Å². The van der Waals surface area contributed by atoms with Gasteiger partial charge >= 0.3 is 0 Å². The number of likely N-dealkylation sites (tertiary alicyclic amines) is 2. The first-order chi connectivity index (χ1) is 9.83. The lowest BCUT2D eigenvalue weighted by atomic mass is 9.95. The predicted octanol–water partition coefficient (Wildman–Crippen LogP) is 0.499. The summed E-state index contributed by atoms with van der Waals surface area (Å²) in [6, 6.07) is 4.14. The number of quaternary nitrogens is 1. The molecule has 3 heterocycles. The van der Waals surface area contributed by atoms with E-state index in [0.717, 1.165) is 45.6 Å². The summed E-state index contributed by atoms with van der Waals surface area (Å²) in [4.78, 5) is 20.2. The normalized spacial score (nSPS) is 26.7. The molecule has 4 heteroatoms. The lowest BCUT2D eigenvalue weighted by molar-refractivity contribution is -0.919. The van der Waals surface area contributed by atoms with Gasteiger partial charge in [0.15, 0.2) is 0 Å². The standard InChI is InChI=1S/C16H23N3O/c20-16(19-8-1-2-9-19)15-5-10-18(11-6-15)13-14-4-3-7-17-12-14/h3-4,7,12,15H,1-2,5-6,8-11,13H2/p+1. The molecular weight excluding hydrogens is 250 g/mol. The van der Waals surface area contributed by atoms with Crippen molar-refractivity contribution in [2.24, 2.45) is 5.92 Å². The van der Waals surface area contributed by atoms with Gasteiger partial charge in [0, 0.05) is 49.8 Å². The van der Waals surface area contributed by atoms with E-state index in [9.17, 15) is 4.79 Å². The number of pyridine rings is 1. The van der Waals surface area contributed by atoms with Gasteiger partial charge in [-0.3, -0.25) is 9.78 Å². The molecule has 2 saturated heterocycles. The number of rotatable bonds is 3. The lowest BCUT2D eigenvalue weighted by Crippen LogP contribution is -3.11. The van der Waals surface area contributed by atoms with E-state index in [1.807, 2.05) is 18.5 Å². The molecule has 0 aromatic carbocycles. The average Bonchev–Trinajstić information content (AvgIpc) is 3.03. The van der Waals surface area contributed by atoms with Gasteiger partial charge in [0.2, 0.25) is 5.91 Å². The summed E-state index contributed by atoms with van der Waals surface area (Å²) in [5, 5.41) is 0. The van der Waals surface area contributed by atoms with Crippen molar-refractivity contribution in [2.75, 3.05) is 26.2 Å². The van der Waals surface area contributed by atoms with Crippen LogP contribution >= 0.6 is 0 Å². The number of piperidine rings is 1. The Hall–Kier alpha value is -1.42. The smallest absolute Gasteiger partial charge is 0.226 e. The molecule has 0 unspecified atom stereocenters. The van der Waals surface area contributed by atoms with Crippen LogP contribution < -0.4 is 4.90 Å². The maximum Gasteiger partial charge on any atom is 0.226 e. The fraction of sp³-hybridized carbons (Fsp3) is 0.625. The van der Waals surface area contributed by atoms with E-state index >= 15 is 0 Å². The largest absolute Gasteiger partial charge is 0.342 e. The van der Waals surface area contributed by atoms with E-state index < -0.39 is 0 Å². The molecule has 0 saturated carbocycles. The van der Waals surface area contributed by atoms with Crippen molar-refractivity contribution in [1.82, 2.24) is 9.88 Å². The van der Waals surface area contributed by atoms with Gasteiger partial charge in [-0.2, -0.15) is 0 Å². The van der Waals surface area contributed by atoms with E-state index in [-0.39, 0.29) is 5.92 Å². The van der Waals surface area contributed by atoms with Gasteiger partial charge in [-0.05, 0) is 18.9 Å². The molecule has 2 aliphatic rings. The number of nitrogens with zero attached hydrogens (tertiary/aromatic N) is 2. The fourth-order valence-corrected chi connectivity index (χ4v) is 3.44. The number of carbonyl (C=O) groups is 1. The molecule has 20 heavy (non-hydrogen) atoms. The first kappa shape index (κ1) is 13.6. The maximum atomic E-state index is 12.4. The fourth-order valence-electron chi connectivity index (χ4n) is 3.44. The molecule has 2 aliphatic heterocycles. The van der Waals surface area contributed by atoms with Crippen LogP contribution in [0.15, 0.2) is 24.5 Å². The monoisotopic (exact) mass is 274 g/mol. The first-order valence-corrected chi connectivity index (χ1v) is 7.84. The van der Waals surface area contributed by atoms with Gasteiger partial charge in [-0.1, -0.05) is 6.07 Å². The van der Waals surface area contributed by atoms with Crippen molar-refractivity contribution < 1.29 is 9.69 Å². The summed E-state index contributed by atoms with van der Waals surface area (Å²) in [5.74, 6) is 0.702. The highest BCUT2D eigenvalue weighted by molar-refractivity contribution is 5.79. The molecule has 2 fully saturated rings. The second-order valence-electron chi connectivity index (χ2n) is 6.09. The molecule has 1 aromatic heterocycles. The molecule has 0 bridgehead atoms. The van der Waals surface area contributed by atoms with Crippen molar-refractivity contribution in [3.05, 3.63) is 30.1 Å². The van der Waals surface area contributed by atoms with Crippen molar-refractivity contribution in [2.45, 2.75) is 32.2 Å². The number of amides is 1. The van der Waals surface area contributed by atoms with E-state index in [1.54, 1.807) is 4.90 Å². The highest BCUT2D eigenvalue weighted by Gasteiger charge is 2.31. The topological polar surface area (TPSA) is 37.6 Å². The van der Waals surface area contributed by atoms with Crippen molar-refractivity contribution in [3.63, 3.8) is 0 Å². The third kappa shape index (κ3) is 3.18. The summed E-state index contributed by atoms with van der Waals surface area (Å²) in [7, 11) is 0. The van der Waals surface area contributed by atoms with Gasteiger partial charge in [0.1, 0.15) is 6.54 Å². The average molecular weight is 274 g/mol. The third-order valence-corrected chi connectivity index (χ3v) is 4.64. The zero-order chi connectivity index (χ0) is 13.8. The Kier molecular flexibility index (Phi) is 4.31. The summed E-state index contributed by atoms with van der Waals surface area (Å²) >= 11 is 0. The second-order valence-corrected chi connectivity index (χ2v) is 6.09. The van der Waals surface area contributed by atoms with Crippen molar-refractivity contribution >= 4 is 5.91 Å². The molecule has 0 spiro atoms. The Morgan fingerprint density at radius 2 is 2.05 bits per heavy atom. The molecule has 0 atom stereocenters. The molecule has 1 aromatic rings. The van der Waals surface area contributed by atoms with Crippen LogP contribution in [0.3, 0.4) is 0 Å². The summed E-state index contributed by atoms with van der Waals surface area (Å²) < 4.78 is 0. The minimum Gasteiger partial charge on any atom is -0.342 e. The number of hydrogen-bond acceptors (Lipinski definition) is 2. The Balaban J connectivity index is 1.48. The highest BCUT2D eigenvalue weighted by Crippen LogP contribution is 2.17. The SMILES string of the molecule is O=C(C1CC[NH+](Cc2cccnc2)CC1)N1CCCC1. The van der Waals surface area contributed by atoms with E-state index in [2.05, 4.69) is 16.0 Å². The van der Waals surface area contributed by atoms with Crippen LogP contribution in [0.2, 0.25) is 0 Å². The van der Waals surface area contributed by atoms with Crippen LogP contribution in [0.4, 0.5) is 0 Å². The number of hydrogen-bond donors (Lipinski definition) is 1. The Bertz CT molecular complexity index is 434. The van der Waals surface area contributed by atoms with E-state index in [4.69, 9.17) is 0 Å². The summed E-state index contributed by atoms with van der Waals surface area (Å²) in [5.41, 5.74) is 1.30. The van der Waals surface area contributed by atoms with Crippen LogP contribution in [0.5, 0.6) is 0 Å². The molecule has 1 N–H and O–H groups in total. The highest BCUT2D eigenvalue weighted by atomic mass is 16.2. The van der Waals surface area contributed by atoms with Gasteiger partial charge in [0.05, 0.1) is 13.1 Å². The first-order valence-electron chi connectivity index (χ1n) is 7.84. The second kappa shape index (κ2) is 6.35. The van der Waals surface area contributed by atoms with E-state index in [1.165, 1.54) is 18.4 Å². The molecule has 0 radical (unpaired) electrons. The summed E-state index contributed by atoms with van der Waals surface area (Å²) in [6.07, 6.45) is 8.25. The molecule has 108 valence electrons. The van der Waals surface area contributed by atoms with Crippen LogP contribution in [0.25, 0.3) is 0 Å². The Morgan fingerprint density at radius 3 is 2.70 bits per heavy atom. The minimum absolute atomic E-state index is 0.283. The quantitative estimate of drug-likeness (QED) is 0.871. The van der Waals surface area contributed by atoms with E-state index in [0.29, 0.717) is 5.91 Å². The Morgan fingerprint density at radius 1 is 1.30 bits per heavy atom. The van der Waals surface area contributed by atoms with Crippen LogP contribution in [0.1, 0.15) is 31.2 Å². The van der Waals surface area contributed by atoms with Gasteiger partial charge in [-0.15, -0.1) is 0 Å². The van der Waals surface area contributed by atoms with Gasteiger partial charge in [0.25, 0.3) is 0 Å². The van der Waals surface area contributed by atoms with Crippen LogP contribution in [-0.2, 0) is 11.3 Å². The number of nitrogens with one attached hydrogen (secondary N) is 1. The van der Waals surface area contributed by atoms with Crippen LogP contribution in [0, 0.1) is 5.92 Å².